The molecule has 118 valence electrons. The van der Waals surface area contributed by atoms with Crippen LogP contribution in [0.5, 0.6) is 0 Å². The average molecular weight is 375 g/mol. The van der Waals surface area contributed by atoms with E-state index in [4.69, 9.17) is 0 Å². The first kappa shape index (κ1) is 16.7. The van der Waals surface area contributed by atoms with Crippen molar-refractivity contribution >= 4 is 15.9 Å². The lowest BCUT2D eigenvalue weighted by Crippen LogP contribution is -2.28. The molecule has 22 heavy (non-hydrogen) atoms. The first-order valence-electron chi connectivity index (χ1n) is 6.69. The van der Waals surface area contributed by atoms with Crippen LogP contribution < -0.4 is 5.56 Å². The zero-order chi connectivity index (χ0) is 16.2. The van der Waals surface area contributed by atoms with Gasteiger partial charge in [0.2, 0.25) is 0 Å². The van der Waals surface area contributed by atoms with Crippen LogP contribution in [0.3, 0.4) is 0 Å². The molecule has 0 aliphatic rings. The zero-order valence-electron chi connectivity index (χ0n) is 11.6. The molecule has 0 saturated carbocycles. The van der Waals surface area contributed by atoms with E-state index in [2.05, 4.69) is 20.9 Å². The highest BCUT2D eigenvalue weighted by Gasteiger charge is 2.34. The van der Waals surface area contributed by atoms with Gasteiger partial charge in [-0.15, -0.1) is 0 Å². The Balaban J connectivity index is 2.45. The summed E-state index contributed by atoms with van der Waals surface area (Å²) in [6, 6.07) is 9.66. The van der Waals surface area contributed by atoms with Crippen molar-refractivity contribution in [3.63, 3.8) is 0 Å². The second-order valence-corrected chi connectivity index (χ2v) is 5.55. The number of nitrogens with zero attached hydrogens (tertiary/aromatic N) is 2. The lowest BCUT2D eigenvalue weighted by molar-refractivity contribution is -0.141. The summed E-state index contributed by atoms with van der Waals surface area (Å²) in [5, 5.41) is 0.629. The van der Waals surface area contributed by atoms with Gasteiger partial charge in [-0.05, 0) is 12.0 Å². The molecule has 1 heterocycles. The molecule has 1 aromatic carbocycles. The maximum atomic E-state index is 12.8. The third kappa shape index (κ3) is 4.19. The molecular weight excluding hydrogens is 361 g/mol. The predicted molar refractivity (Wildman–Crippen MR) is 81.2 cm³/mol. The molecule has 0 fully saturated rings. The third-order valence-corrected chi connectivity index (χ3v) is 3.66. The van der Waals surface area contributed by atoms with Gasteiger partial charge in [0.25, 0.3) is 5.56 Å². The summed E-state index contributed by atoms with van der Waals surface area (Å²) in [6.45, 7) is 0.211. The number of alkyl halides is 4. The van der Waals surface area contributed by atoms with Crippen LogP contribution in [0.25, 0.3) is 0 Å². The van der Waals surface area contributed by atoms with Crippen molar-refractivity contribution in [2.45, 2.75) is 25.6 Å². The van der Waals surface area contributed by atoms with Crippen molar-refractivity contribution in [2.24, 2.45) is 0 Å². The maximum absolute atomic E-state index is 12.8. The second kappa shape index (κ2) is 7.09. The van der Waals surface area contributed by atoms with E-state index in [-0.39, 0.29) is 12.4 Å². The minimum Gasteiger partial charge on any atom is -0.292 e. The first-order valence-corrected chi connectivity index (χ1v) is 7.82. The highest BCUT2D eigenvalue weighted by molar-refractivity contribution is 9.09. The highest BCUT2D eigenvalue weighted by Crippen LogP contribution is 2.26. The van der Waals surface area contributed by atoms with Crippen LogP contribution in [0.15, 0.2) is 41.2 Å². The Morgan fingerprint density at radius 1 is 1.18 bits per heavy atom. The Morgan fingerprint density at radius 2 is 1.86 bits per heavy atom. The molecule has 0 N–H and O–H groups in total. The Morgan fingerprint density at radius 3 is 2.45 bits per heavy atom. The number of rotatable bonds is 5. The van der Waals surface area contributed by atoms with Crippen molar-refractivity contribution < 1.29 is 13.2 Å². The monoisotopic (exact) mass is 374 g/mol. The zero-order valence-corrected chi connectivity index (χ0v) is 13.2. The number of halogens is 4. The largest absolute Gasteiger partial charge is 0.433 e. The van der Waals surface area contributed by atoms with Crippen LogP contribution in [0.2, 0.25) is 0 Å². The normalized spacial score (nSPS) is 11.6. The van der Waals surface area contributed by atoms with Crippen molar-refractivity contribution in [3.05, 3.63) is 63.8 Å². The highest BCUT2D eigenvalue weighted by atomic mass is 79.9. The van der Waals surface area contributed by atoms with Crippen LogP contribution in [0.1, 0.15) is 23.5 Å². The number of hydrogen-bond acceptors (Lipinski definition) is 2. The van der Waals surface area contributed by atoms with Gasteiger partial charge in [0.1, 0.15) is 5.82 Å². The summed E-state index contributed by atoms with van der Waals surface area (Å²) in [5.74, 6) is 0.156. The topological polar surface area (TPSA) is 34.9 Å². The molecule has 0 aliphatic carbocycles. The van der Waals surface area contributed by atoms with Crippen LogP contribution in [0, 0.1) is 0 Å². The van der Waals surface area contributed by atoms with Crippen molar-refractivity contribution in [1.82, 2.24) is 9.55 Å². The molecule has 3 nitrogen and oxygen atoms in total. The smallest absolute Gasteiger partial charge is 0.292 e. The molecule has 0 radical (unpaired) electrons. The van der Waals surface area contributed by atoms with E-state index < -0.39 is 17.4 Å². The van der Waals surface area contributed by atoms with Gasteiger partial charge in [-0.1, -0.05) is 46.3 Å². The minimum atomic E-state index is -4.62. The molecule has 0 unspecified atom stereocenters. The maximum Gasteiger partial charge on any atom is 0.433 e. The van der Waals surface area contributed by atoms with E-state index in [0.29, 0.717) is 24.2 Å². The quantitative estimate of drug-likeness (QED) is 0.748. The Labute approximate surface area is 133 Å². The molecule has 0 saturated heterocycles. The summed E-state index contributed by atoms with van der Waals surface area (Å²) in [7, 11) is 0. The number of hydrogen-bond donors (Lipinski definition) is 0. The van der Waals surface area contributed by atoms with E-state index in [1.54, 1.807) is 0 Å². The SMILES string of the molecule is O=c1cc(C(F)(F)F)nc(CCCBr)n1Cc1ccccc1. The van der Waals surface area contributed by atoms with Gasteiger partial charge in [-0.2, -0.15) is 13.2 Å². The molecular formula is C15H14BrF3N2O. The van der Waals surface area contributed by atoms with Crippen molar-refractivity contribution in [1.29, 1.82) is 0 Å². The summed E-state index contributed by atoms with van der Waals surface area (Å²) < 4.78 is 39.7. The van der Waals surface area contributed by atoms with Gasteiger partial charge in [-0.3, -0.25) is 9.36 Å². The van der Waals surface area contributed by atoms with E-state index >= 15 is 0 Å². The van der Waals surface area contributed by atoms with Crippen LogP contribution in [0.4, 0.5) is 13.2 Å². The van der Waals surface area contributed by atoms with E-state index in [1.807, 2.05) is 30.3 Å². The molecule has 0 amide bonds. The molecule has 7 heteroatoms. The van der Waals surface area contributed by atoms with Gasteiger partial charge in [-0.25, -0.2) is 4.98 Å². The fraction of sp³-hybridized carbons (Fsp3) is 0.333. The number of aromatic nitrogens is 2. The fourth-order valence-corrected chi connectivity index (χ4v) is 2.33. The molecule has 2 rings (SSSR count). The summed E-state index contributed by atoms with van der Waals surface area (Å²) in [6.07, 6.45) is -3.71. The average Bonchev–Trinajstić information content (AvgIpc) is 2.47. The fourth-order valence-electron chi connectivity index (χ4n) is 2.05. The van der Waals surface area contributed by atoms with Crippen LogP contribution >= 0.6 is 15.9 Å². The molecule has 2 aromatic rings. The van der Waals surface area contributed by atoms with Gasteiger partial charge < -0.3 is 0 Å². The summed E-state index contributed by atoms with van der Waals surface area (Å²) in [5.41, 5.74) is -0.978. The molecule has 0 bridgehead atoms. The minimum absolute atomic E-state index is 0.156. The van der Waals surface area contributed by atoms with Gasteiger partial charge in [0.05, 0.1) is 6.54 Å². The Kier molecular flexibility index (Phi) is 5.39. The molecule has 0 atom stereocenters. The lowest BCUT2D eigenvalue weighted by atomic mass is 10.2. The molecule has 1 aromatic heterocycles. The molecule has 0 spiro atoms. The summed E-state index contributed by atoms with van der Waals surface area (Å²) in [4.78, 5) is 15.7. The van der Waals surface area contributed by atoms with E-state index in [0.717, 1.165) is 5.56 Å². The predicted octanol–water partition coefficient (Wildman–Crippen LogP) is 3.64. The van der Waals surface area contributed by atoms with Gasteiger partial charge in [0.15, 0.2) is 5.69 Å². The van der Waals surface area contributed by atoms with Crippen molar-refractivity contribution in [2.75, 3.05) is 5.33 Å². The van der Waals surface area contributed by atoms with Crippen molar-refractivity contribution in [3.8, 4) is 0 Å². The summed E-state index contributed by atoms with van der Waals surface area (Å²) >= 11 is 3.24. The van der Waals surface area contributed by atoms with E-state index in [1.165, 1.54) is 4.57 Å². The second-order valence-electron chi connectivity index (χ2n) is 4.76. The standard InChI is InChI=1S/C15H14BrF3N2O/c16-8-4-7-13-20-12(15(17,18)19)9-14(22)21(13)10-11-5-2-1-3-6-11/h1-3,5-6,9H,4,7-8,10H2. The van der Waals surface area contributed by atoms with Gasteiger partial charge in [0, 0.05) is 17.8 Å². The number of aryl methyl sites for hydroxylation is 1. The Hall–Kier alpha value is -1.63. The third-order valence-electron chi connectivity index (χ3n) is 3.10. The first-order chi connectivity index (χ1) is 10.4. The molecule has 0 aliphatic heterocycles. The van der Waals surface area contributed by atoms with Gasteiger partial charge >= 0.3 is 6.18 Å². The van der Waals surface area contributed by atoms with Crippen LogP contribution in [-0.2, 0) is 19.1 Å². The van der Waals surface area contributed by atoms with Crippen LogP contribution in [-0.4, -0.2) is 14.9 Å². The van der Waals surface area contributed by atoms with E-state index in [9.17, 15) is 18.0 Å². The lowest BCUT2D eigenvalue weighted by Gasteiger charge is -2.14. The Bertz CT molecular complexity index is 683. The number of benzene rings is 1.